The highest BCUT2D eigenvalue weighted by Gasteiger charge is 2.09. The van der Waals surface area contributed by atoms with Gasteiger partial charge >= 0.3 is 0 Å². The third-order valence-corrected chi connectivity index (χ3v) is 2.72. The second kappa shape index (κ2) is 4.62. The van der Waals surface area contributed by atoms with Crippen molar-refractivity contribution in [2.45, 2.75) is 0 Å². The summed E-state index contributed by atoms with van der Waals surface area (Å²) < 4.78 is 26.2. The smallest absolute Gasteiger partial charge is 0.267 e. The Labute approximate surface area is 103 Å². The zero-order chi connectivity index (χ0) is 12.4. The third-order valence-electron chi connectivity index (χ3n) is 1.98. The van der Waals surface area contributed by atoms with E-state index in [9.17, 15) is 13.6 Å². The number of aromatic nitrogens is 2. The molecule has 0 aliphatic rings. The van der Waals surface area contributed by atoms with Gasteiger partial charge in [-0.15, -0.1) is 0 Å². The van der Waals surface area contributed by atoms with Crippen molar-refractivity contribution in [3.8, 4) is 0 Å². The van der Waals surface area contributed by atoms with Gasteiger partial charge in [0.2, 0.25) is 0 Å². The minimum Gasteiger partial charge on any atom is -0.337 e. The van der Waals surface area contributed by atoms with Gasteiger partial charge in [0.15, 0.2) is 5.82 Å². The Kier molecular flexibility index (Phi) is 3.19. The van der Waals surface area contributed by atoms with Crippen molar-refractivity contribution in [2.24, 2.45) is 0 Å². The second-order valence-electron chi connectivity index (χ2n) is 3.14. The first-order valence-electron chi connectivity index (χ1n) is 4.53. The number of hydrogen-bond acceptors (Lipinski definition) is 3. The van der Waals surface area contributed by atoms with Gasteiger partial charge in [-0.1, -0.05) is 0 Å². The first-order chi connectivity index (χ1) is 8.08. The van der Waals surface area contributed by atoms with Crippen LogP contribution in [0, 0.1) is 11.6 Å². The molecule has 7 heteroatoms. The molecule has 0 saturated carbocycles. The van der Waals surface area contributed by atoms with E-state index in [2.05, 4.69) is 31.2 Å². The Morgan fingerprint density at radius 3 is 2.82 bits per heavy atom. The Morgan fingerprint density at radius 1 is 1.35 bits per heavy atom. The maximum absolute atomic E-state index is 13.3. The quantitative estimate of drug-likeness (QED) is 0.896. The number of nitrogens with zero attached hydrogens (tertiary/aromatic N) is 1. The van der Waals surface area contributed by atoms with E-state index < -0.39 is 17.2 Å². The topological polar surface area (TPSA) is 57.8 Å². The van der Waals surface area contributed by atoms with Gasteiger partial charge in [0.05, 0.1) is 12.0 Å². The predicted molar refractivity (Wildman–Crippen MR) is 62.2 cm³/mol. The van der Waals surface area contributed by atoms with Crippen molar-refractivity contribution >= 4 is 27.4 Å². The number of hydrogen-bond donors (Lipinski definition) is 2. The molecule has 0 saturated heterocycles. The maximum Gasteiger partial charge on any atom is 0.267 e. The highest BCUT2D eigenvalue weighted by molar-refractivity contribution is 9.10. The summed E-state index contributed by atoms with van der Waals surface area (Å²) in [6.45, 7) is 0. The molecule has 2 N–H and O–H groups in total. The number of rotatable bonds is 2. The second-order valence-corrected chi connectivity index (χ2v) is 3.94. The minimum absolute atomic E-state index is 0.0326. The summed E-state index contributed by atoms with van der Waals surface area (Å²) in [5.74, 6) is -1.29. The van der Waals surface area contributed by atoms with Gasteiger partial charge in [0, 0.05) is 6.07 Å². The molecule has 88 valence electrons. The van der Waals surface area contributed by atoms with Crippen LogP contribution in [0.5, 0.6) is 0 Å². The zero-order valence-electron chi connectivity index (χ0n) is 8.30. The van der Waals surface area contributed by atoms with Crippen LogP contribution in [0.3, 0.4) is 0 Å². The van der Waals surface area contributed by atoms with E-state index in [1.54, 1.807) is 0 Å². The normalized spacial score (nSPS) is 10.3. The fourth-order valence-corrected chi connectivity index (χ4v) is 1.50. The number of nitrogens with one attached hydrogen (secondary N) is 2. The van der Waals surface area contributed by atoms with E-state index in [-0.39, 0.29) is 16.0 Å². The fourth-order valence-electron chi connectivity index (χ4n) is 1.19. The number of halogens is 3. The summed E-state index contributed by atoms with van der Waals surface area (Å²) in [4.78, 5) is 17.4. The predicted octanol–water partition coefficient (Wildman–Crippen LogP) is 2.55. The van der Waals surface area contributed by atoms with Crippen LogP contribution in [0.25, 0.3) is 0 Å². The van der Waals surface area contributed by atoms with Crippen LogP contribution in [0.2, 0.25) is 0 Å². The lowest BCUT2D eigenvalue weighted by atomic mass is 10.3. The van der Waals surface area contributed by atoms with Crippen LogP contribution in [-0.4, -0.2) is 9.97 Å². The van der Waals surface area contributed by atoms with Gasteiger partial charge in [-0.05, 0) is 28.1 Å². The molecule has 0 radical (unpaired) electrons. The molecule has 0 fully saturated rings. The lowest BCUT2D eigenvalue weighted by Crippen LogP contribution is -2.10. The summed E-state index contributed by atoms with van der Waals surface area (Å²) in [5, 5.41) is 2.59. The van der Waals surface area contributed by atoms with Crippen LogP contribution in [0.4, 0.5) is 20.3 Å². The van der Waals surface area contributed by atoms with Gasteiger partial charge in [-0.2, -0.15) is 0 Å². The van der Waals surface area contributed by atoms with Crippen LogP contribution in [-0.2, 0) is 0 Å². The Morgan fingerprint density at radius 2 is 2.12 bits per heavy atom. The average molecular weight is 302 g/mol. The van der Waals surface area contributed by atoms with Crippen molar-refractivity contribution in [1.29, 1.82) is 0 Å². The Bertz CT molecular complexity index is 615. The van der Waals surface area contributed by atoms with Crippen molar-refractivity contribution < 1.29 is 8.78 Å². The van der Waals surface area contributed by atoms with Crippen molar-refractivity contribution in [3.63, 3.8) is 0 Å². The van der Waals surface area contributed by atoms with Crippen LogP contribution in [0.15, 0.2) is 33.8 Å². The standard InChI is InChI=1S/C10H6BrF2N3O/c11-8-9(14-4-15-10(8)17)16-7-2-1-5(12)3-6(7)13/h1-4H,(H2,14,15,16,17). The molecule has 0 aliphatic heterocycles. The first kappa shape index (κ1) is 11.7. The van der Waals surface area contributed by atoms with E-state index in [1.165, 1.54) is 12.4 Å². The van der Waals surface area contributed by atoms with E-state index >= 15 is 0 Å². The number of anilines is 2. The molecule has 1 heterocycles. The number of H-pyrrole nitrogens is 1. The van der Waals surface area contributed by atoms with E-state index in [1.807, 2.05) is 0 Å². The van der Waals surface area contributed by atoms with Crippen LogP contribution in [0.1, 0.15) is 0 Å². The Hall–Kier alpha value is -1.76. The molecule has 0 amide bonds. The molecule has 2 rings (SSSR count). The summed E-state index contributed by atoms with van der Waals surface area (Å²) in [5.41, 5.74) is -0.366. The van der Waals surface area contributed by atoms with E-state index in [4.69, 9.17) is 0 Å². The van der Waals surface area contributed by atoms with Gasteiger partial charge in [-0.3, -0.25) is 4.79 Å². The summed E-state index contributed by atoms with van der Waals surface area (Å²) in [6.07, 6.45) is 1.18. The number of aromatic amines is 1. The minimum atomic E-state index is -0.765. The molecule has 0 aliphatic carbocycles. The SMILES string of the molecule is O=c1[nH]cnc(Nc2ccc(F)cc2F)c1Br. The van der Waals surface area contributed by atoms with E-state index in [0.717, 1.165) is 12.1 Å². The van der Waals surface area contributed by atoms with Gasteiger partial charge in [0.25, 0.3) is 5.56 Å². The molecule has 0 unspecified atom stereocenters. The summed E-state index contributed by atoms with van der Waals surface area (Å²) in [7, 11) is 0. The first-order valence-corrected chi connectivity index (χ1v) is 5.32. The lowest BCUT2D eigenvalue weighted by molar-refractivity contribution is 0.586. The van der Waals surface area contributed by atoms with Gasteiger partial charge in [-0.25, -0.2) is 13.8 Å². The highest BCUT2D eigenvalue weighted by Crippen LogP contribution is 2.22. The van der Waals surface area contributed by atoms with Crippen molar-refractivity contribution in [1.82, 2.24) is 9.97 Å². The number of benzene rings is 1. The van der Waals surface area contributed by atoms with Crippen LogP contribution < -0.4 is 10.9 Å². The lowest BCUT2D eigenvalue weighted by Gasteiger charge is -2.07. The van der Waals surface area contributed by atoms with Crippen molar-refractivity contribution in [3.05, 3.63) is 51.0 Å². The molecule has 0 spiro atoms. The summed E-state index contributed by atoms with van der Waals surface area (Å²) in [6, 6.07) is 3.07. The maximum atomic E-state index is 13.3. The molecule has 1 aromatic heterocycles. The molecule has 4 nitrogen and oxygen atoms in total. The molecule has 17 heavy (non-hydrogen) atoms. The van der Waals surface area contributed by atoms with Crippen molar-refractivity contribution in [2.75, 3.05) is 5.32 Å². The monoisotopic (exact) mass is 301 g/mol. The highest BCUT2D eigenvalue weighted by atomic mass is 79.9. The van der Waals surface area contributed by atoms with E-state index in [0.29, 0.717) is 0 Å². The summed E-state index contributed by atoms with van der Waals surface area (Å²) >= 11 is 3.01. The largest absolute Gasteiger partial charge is 0.337 e. The zero-order valence-corrected chi connectivity index (χ0v) is 9.88. The molecule has 2 aromatic rings. The average Bonchev–Trinajstić information content (AvgIpc) is 2.28. The Balaban J connectivity index is 2.38. The molecular formula is C10H6BrF2N3O. The van der Waals surface area contributed by atoms with Crippen LogP contribution >= 0.6 is 15.9 Å². The molecule has 0 atom stereocenters. The molecule has 0 bridgehead atoms. The van der Waals surface area contributed by atoms with Gasteiger partial charge in [0.1, 0.15) is 16.1 Å². The molecular weight excluding hydrogens is 296 g/mol. The van der Waals surface area contributed by atoms with Gasteiger partial charge < -0.3 is 10.3 Å². The third kappa shape index (κ3) is 2.50. The fraction of sp³-hybridized carbons (Fsp3) is 0. The molecule has 1 aromatic carbocycles.